The predicted molar refractivity (Wildman–Crippen MR) is 98.8 cm³/mol. The number of ketones is 1. The van der Waals surface area contributed by atoms with E-state index in [1.54, 1.807) is 6.07 Å². The lowest BCUT2D eigenvalue weighted by atomic mass is 9.91. The number of thiophene rings is 1. The maximum absolute atomic E-state index is 12.9. The van der Waals surface area contributed by atoms with Crippen LogP contribution in [0.2, 0.25) is 0 Å². The van der Waals surface area contributed by atoms with Gasteiger partial charge in [-0.05, 0) is 32.4 Å². The maximum Gasteiger partial charge on any atom is 0.325 e. The molecule has 27 heavy (non-hydrogen) atoms. The second-order valence-corrected chi connectivity index (χ2v) is 7.96. The molecule has 2 aromatic rings. The summed E-state index contributed by atoms with van der Waals surface area (Å²) in [5.41, 5.74) is -0.882. The fourth-order valence-corrected chi connectivity index (χ4v) is 4.05. The highest BCUT2D eigenvalue weighted by Gasteiger charge is 2.49. The number of aryl methyl sites for hydroxylation is 2. The summed E-state index contributed by atoms with van der Waals surface area (Å²) in [6.07, 6.45) is 0. The Morgan fingerprint density at radius 3 is 2.59 bits per heavy atom. The highest BCUT2D eigenvalue weighted by atomic mass is 32.1. The quantitative estimate of drug-likeness (QED) is 0.367. The van der Waals surface area contributed by atoms with Crippen LogP contribution in [0.5, 0.6) is 0 Å². The van der Waals surface area contributed by atoms with Crippen LogP contribution in [0.15, 0.2) is 30.3 Å². The first-order valence-corrected chi connectivity index (χ1v) is 8.94. The van der Waals surface area contributed by atoms with Crippen LogP contribution in [-0.4, -0.2) is 34.1 Å². The number of hydrogen-bond donors (Lipinski definition) is 1. The molecule has 3 amide bonds. The Hall–Kier alpha value is -3.07. The topological polar surface area (TPSA) is 110 Å². The van der Waals surface area contributed by atoms with Crippen LogP contribution < -0.4 is 5.32 Å². The van der Waals surface area contributed by atoms with Crippen molar-refractivity contribution in [2.24, 2.45) is 0 Å². The minimum atomic E-state index is -1.47. The van der Waals surface area contributed by atoms with Gasteiger partial charge in [0.05, 0.1) is 11.5 Å². The van der Waals surface area contributed by atoms with Crippen LogP contribution in [0.25, 0.3) is 0 Å². The van der Waals surface area contributed by atoms with Gasteiger partial charge in [0, 0.05) is 27.5 Å². The summed E-state index contributed by atoms with van der Waals surface area (Å²) in [7, 11) is 0. The van der Waals surface area contributed by atoms with E-state index in [2.05, 4.69) is 5.32 Å². The average Bonchev–Trinajstić information content (AvgIpc) is 3.06. The van der Waals surface area contributed by atoms with Gasteiger partial charge in [-0.3, -0.25) is 24.6 Å². The number of Topliss-reactive ketones (excluding diaryl/α,β-unsaturated/α-hetero) is 1. The number of benzene rings is 1. The molecule has 1 aliphatic rings. The van der Waals surface area contributed by atoms with Gasteiger partial charge >= 0.3 is 6.03 Å². The van der Waals surface area contributed by atoms with Crippen LogP contribution in [0.1, 0.15) is 32.6 Å². The second kappa shape index (κ2) is 6.58. The Morgan fingerprint density at radius 2 is 2.00 bits per heavy atom. The SMILES string of the molecule is Cc1cc(C(=O)CN2C(=O)NC(C)(c3cccc([N+](=O)[O-])c3)C2=O)c(C)s1. The molecule has 1 aromatic heterocycles. The van der Waals surface area contributed by atoms with E-state index in [1.807, 2.05) is 13.8 Å². The first kappa shape index (κ1) is 18.7. The monoisotopic (exact) mass is 387 g/mol. The number of nitrogens with one attached hydrogen (secondary N) is 1. The van der Waals surface area contributed by atoms with Crippen LogP contribution >= 0.6 is 11.3 Å². The van der Waals surface area contributed by atoms with E-state index in [-0.39, 0.29) is 23.6 Å². The molecule has 1 aliphatic heterocycles. The van der Waals surface area contributed by atoms with Crippen molar-refractivity contribution in [1.29, 1.82) is 0 Å². The van der Waals surface area contributed by atoms with Gasteiger partial charge in [0.1, 0.15) is 5.54 Å². The summed E-state index contributed by atoms with van der Waals surface area (Å²) < 4.78 is 0. The number of nitrogens with zero attached hydrogens (tertiary/aromatic N) is 2. The van der Waals surface area contributed by atoms with Crippen molar-refractivity contribution in [2.45, 2.75) is 26.3 Å². The minimum Gasteiger partial charge on any atom is -0.319 e. The Balaban J connectivity index is 1.88. The highest BCUT2D eigenvalue weighted by Crippen LogP contribution is 2.31. The van der Waals surface area contributed by atoms with Crippen molar-refractivity contribution < 1.29 is 19.3 Å². The fraction of sp³-hybridized carbons (Fsp3) is 0.278. The van der Waals surface area contributed by atoms with Gasteiger partial charge in [0.25, 0.3) is 11.6 Å². The van der Waals surface area contributed by atoms with Crippen LogP contribution in [-0.2, 0) is 10.3 Å². The maximum atomic E-state index is 12.9. The van der Waals surface area contributed by atoms with Gasteiger partial charge in [-0.15, -0.1) is 11.3 Å². The number of rotatable bonds is 5. The van der Waals surface area contributed by atoms with E-state index >= 15 is 0 Å². The van der Waals surface area contributed by atoms with Gasteiger partial charge < -0.3 is 5.32 Å². The van der Waals surface area contributed by atoms with Crippen molar-refractivity contribution in [3.8, 4) is 0 Å². The summed E-state index contributed by atoms with van der Waals surface area (Å²) in [5, 5.41) is 13.6. The lowest BCUT2D eigenvalue weighted by molar-refractivity contribution is -0.385. The number of imide groups is 1. The molecule has 0 saturated carbocycles. The molecular weight excluding hydrogens is 370 g/mol. The van der Waals surface area contributed by atoms with Crippen molar-refractivity contribution in [3.05, 3.63) is 61.3 Å². The zero-order valence-electron chi connectivity index (χ0n) is 14.9. The van der Waals surface area contributed by atoms with Crippen molar-refractivity contribution >= 4 is 34.7 Å². The molecule has 1 aromatic carbocycles. The van der Waals surface area contributed by atoms with Gasteiger partial charge in [-0.1, -0.05) is 12.1 Å². The highest BCUT2D eigenvalue weighted by molar-refractivity contribution is 7.12. The van der Waals surface area contributed by atoms with E-state index in [9.17, 15) is 24.5 Å². The molecule has 9 heteroatoms. The van der Waals surface area contributed by atoms with Gasteiger partial charge in [0.15, 0.2) is 5.78 Å². The third-order valence-electron chi connectivity index (χ3n) is 4.55. The zero-order chi connectivity index (χ0) is 19.9. The number of urea groups is 1. The molecular formula is C18H17N3O5S. The molecule has 1 N–H and O–H groups in total. The van der Waals surface area contributed by atoms with E-state index < -0.39 is 22.4 Å². The molecule has 0 bridgehead atoms. The Morgan fingerprint density at radius 1 is 1.30 bits per heavy atom. The lowest BCUT2D eigenvalue weighted by Crippen LogP contribution is -2.41. The van der Waals surface area contributed by atoms with Crippen molar-refractivity contribution in [3.63, 3.8) is 0 Å². The molecule has 1 fully saturated rings. The molecule has 0 spiro atoms. The zero-order valence-corrected chi connectivity index (χ0v) is 15.8. The smallest absolute Gasteiger partial charge is 0.319 e. The molecule has 3 rings (SSSR count). The Bertz CT molecular complexity index is 983. The summed E-state index contributed by atoms with van der Waals surface area (Å²) in [4.78, 5) is 50.9. The normalized spacial score (nSPS) is 19.3. The molecule has 0 aliphatic carbocycles. The van der Waals surface area contributed by atoms with E-state index in [0.29, 0.717) is 5.56 Å². The Kier molecular flexibility index (Phi) is 4.56. The summed E-state index contributed by atoms with van der Waals surface area (Å²) >= 11 is 1.47. The van der Waals surface area contributed by atoms with Crippen LogP contribution in [0.4, 0.5) is 10.5 Å². The van der Waals surface area contributed by atoms with Crippen LogP contribution in [0, 0.1) is 24.0 Å². The van der Waals surface area contributed by atoms with E-state index in [4.69, 9.17) is 0 Å². The Labute approximate surface area is 158 Å². The summed E-state index contributed by atoms with van der Waals surface area (Å²) in [5.74, 6) is -0.949. The molecule has 2 heterocycles. The first-order valence-electron chi connectivity index (χ1n) is 8.13. The van der Waals surface area contributed by atoms with E-state index in [1.165, 1.54) is 42.5 Å². The standard InChI is InChI=1S/C18H17N3O5S/c1-10-7-14(11(2)27-10)15(22)9-20-16(23)18(3,19-17(20)24)12-5-4-6-13(8-12)21(25)26/h4-8H,9H2,1-3H3,(H,19,24). The largest absolute Gasteiger partial charge is 0.325 e. The molecule has 140 valence electrons. The van der Waals surface area contributed by atoms with Gasteiger partial charge in [-0.25, -0.2) is 4.79 Å². The van der Waals surface area contributed by atoms with E-state index in [0.717, 1.165) is 14.7 Å². The third-order valence-corrected chi connectivity index (χ3v) is 5.52. The summed E-state index contributed by atoms with van der Waals surface area (Å²) in [6, 6.07) is 6.56. The molecule has 1 saturated heterocycles. The third kappa shape index (κ3) is 3.21. The molecule has 8 nitrogen and oxygen atoms in total. The number of nitro benzene ring substituents is 1. The first-order chi connectivity index (χ1) is 12.6. The number of carbonyl (C=O) groups excluding carboxylic acids is 3. The predicted octanol–water partition coefficient (Wildman–Crippen LogP) is 2.92. The van der Waals surface area contributed by atoms with Gasteiger partial charge in [-0.2, -0.15) is 0 Å². The lowest BCUT2D eigenvalue weighted by Gasteiger charge is -2.21. The number of amides is 3. The second-order valence-electron chi connectivity index (χ2n) is 6.50. The van der Waals surface area contributed by atoms with Crippen molar-refractivity contribution in [1.82, 2.24) is 10.2 Å². The average molecular weight is 387 g/mol. The number of nitro groups is 1. The number of carbonyl (C=O) groups is 3. The van der Waals surface area contributed by atoms with Crippen LogP contribution in [0.3, 0.4) is 0 Å². The molecule has 1 atom stereocenters. The number of hydrogen-bond acceptors (Lipinski definition) is 6. The summed E-state index contributed by atoms with van der Waals surface area (Å²) in [6.45, 7) is 4.77. The van der Waals surface area contributed by atoms with Gasteiger partial charge in [0.2, 0.25) is 0 Å². The van der Waals surface area contributed by atoms with Crippen molar-refractivity contribution in [2.75, 3.05) is 6.54 Å². The molecule has 0 radical (unpaired) electrons. The minimum absolute atomic E-state index is 0.185. The molecule has 1 unspecified atom stereocenters. The fourth-order valence-electron chi connectivity index (χ4n) is 3.10. The number of non-ortho nitro benzene ring substituents is 1.